The number of aliphatic carboxylic acids is 1. The normalized spacial score (nSPS) is 18.9. The van der Waals surface area contributed by atoms with Gasteiger partial charge in [0.1, 0.15) is 5.75 Å². The third-order valence-corrected chi connectivity index (χ3v) is 5.71. The molecule has 1 fully saturated rings. The number of rotatable bonds is 10. The van der Waals surface area contributed by atoms with Crippen molar-refractivity contribution in [3.05, 3.63) is 29.8 Å². The molecule has 156 valence electrons. The standard InChI is InChI=1S/C22H33NO5/c1-15(2)18(8-5-4-7-16-10-12-17(28-3)13-11-16)21(25)23-14-6-9-19(23)20(24)22(26)27/h10-13,15,18-20,24H,4-9,14H2,1-3H3,(H,26,27)/t18-,19-,20?/m0/s1. The minimum absolute atomic E-state index is 0.0118. The molecule has 1 saturated heterocycles. The molecule has 0 radical (unpaired) electrons. The van der Waals surface area contributed by atoms with E-state index in [0.29, 0.717) is 13.0 Å². The number of carbonyl (C=O) groups is 2. The number of aliphatic hydroxyl groups is 1. The van der Waals surface area contributed by atoms with Gasteiger partial charge in [-0.15, -0.1) is 0 Å². The van der Waals surface area contributed by atoms with Crippen molar-refractivity contribution in [3.8, 4) is 5.75 Å². The van der Waals surface area contributed by atoms with Crippen LogP contribution in [0.25, 0.3) is 0 Å². The molecular formula is C22H33NO5. The minimum Gasteiger partial charge on any atom is -0.497 e. The van der Waals surface area contributed by atoms with Crippen LogP contribution in [0.3, 0.4) is 0 Å². The zero-order valence-electron chi connectivity index (χ0n) is 17.1. The van der Waals surface area contributed by atoms with Crippen molar-refractivity contribution < 1.29 is 24.5 Å². The van der Waals surface area contributed by atoms with E-state index in [9.17, 15) is 14.7 Å². The molecular weight excluding hydrogens is 358 g/mol. The number of carboxylic acids is 1. The molecule has 0 bridgehead atoms. The number of carboxylic acid groups (broad SMARTS) is 1. The average molecular weight is 392 g/mol. The Balaban J connectivity index is 1.89. The highest BCUT2D eigenvalue weighted by Gasteiger charge is 2.39. The summed E-state index contributed by atoms with van der Waals surface area (Å²) in [4.78, 5) is 25.8. The number of ether oxygens (including phenoxy) is 1. The lowest BCUT2D eigenvalue weighted by Crippen LogP contribution is -2.48. The van der Waals surface area contributed by atoms with Gasteiger partial charge >= 0.3 is 5.97 Å². The number of aliphatic hydroxyl groups excluding tert-OH is 1. The second-order valence-electron chi connectivity index (χ2n) is 7.97. The van der Waals surface area contributed by atoms with Crippen LogP contribution in [-0.4, -0.2) is 52.8 Å². The van der Waals surface area contributed by atoms with Crippen molar-refractivity contribution in [1.29, 1.82) is 0 Å². The molecule has 1 amide bonds. The maximum absolute atomic E-state index is 13.1. The third kappa shape index (κ3) is 5.71. The molecule has 6 nitrogen and oxygen atoms in total. The number of likely N-dealkylation sites (tertiary alicyclic amines) is 1. The van der Waals surface area contributed by atoms with Crippen molar-refractivity contribution >= 4 is 11.9 Å². The van der Waals surface area contributed by atoms with E-state index in [1.165, 1.54) is 5.56 Å². The summed E-state index contributed by atoms with van der Waals surface area (Å²) in [7, 11) is 1.65. The highest BCUT2D eigenvalue weighted by Crippen LogP contribution is 2.28. The predicted molar refractivity (Wildman–Crippen MR) is 107 cm³/mol. The van der Waals surface area contributed by atoms with Gasteiger partial charge in [0.2, 0.25) is 5.91 Å². The lowest BCUT2D eigenvalue weighted by molar-refractivity contribution is -0.153. The number of aryl methyl sites for hydroxylation is 1. The van der Waals surface area contributed by atoms with Crippen LogP contribution in [0.4, 0.5) is 0 Å². The van der Waals surface area contributed by atoms with E-state index in [1.54, 1.807) is 12.0 Å². The van der Waals surface area contributed by atoms with Crippen LogP contribution < -0.4 is 4.74 Å². The first kappa shape index (κ1) is 22.2. The van der Waals surface area contributed by atoms with E-state index in [-0.39, 0.29) is 17.7 Å². The molecule has 1 aliphatic heterocycles. The molecule has 1 aromatic carbocycles. The summed E-state index contributed by atoms with van der Waals surface area (Å²) in [5.74, 6) is -0.389. The average Bonchev–Trinajstić information content (AvgIpc) is 3.16. The fraction of sp³-hybridized carbons (Fsp3) is 0.636. The first-order chi connectivity index (χ1) is 13.3. The second kappa shape index (κ2) is 10.5. The van der Waals surface area contributed by atoms with Crippen LogP contribution in [0, 0.1) is 11.8 Å². The highest BCUT2D eigenvalue weighted by atomic mass is 16.5. The van der Waals surface area contributed by atoms with Gasteiger partial charge in [-0.2, -0.15) is 0 Å². The van der Waals surface area contributed by atoms with E-state index in [4.69, 9.17) is 9.84 Å². The monoisotopic (exact) mass is 391 g/mol. The van der Waals surface area contributed by atoms with Crippen molar-refractivity contribution in [2.75, 3.05) is 13.7 Å². The van der Waals surface area contributed by atoms with Gasteiger partial charge in [-0.3, -0.25) is 4.79 Å². The summed E-state index contributed by atoms with van der Waals surface area (Å²) in [5, 5.41) is 19.0. The van der Waals surface area contributed by atoms with Crippen LogP contribution in [0.1, 0.15) is 51.5 Å². The van der Waals surface area contributed by atoms with Gasteiger partial charge in [0.05, 0.1) is 13.2 Å². The molecule has 0 spiro atoms. The minimum atomic E-state index is -1.51. The van der Waals surface area contributed by atoms with Gasteiger partial charge in [0.25, 0.3) is 0 Å². The van der Waals surface area contributed by atoms with E-state index in [2.05, 4.69) is 12.1 Å². The van der Waals surface area contributed by atoms with Gasteiger partial charge in [-0.05, 0) is 55.7 Å². The van der Waals surface area contributed by atoms with Gasteiger partial charge in [0, 0.05) is 12.5 Å². The van der Waals surface area contributed by atoms with Crippen molar-refractivity contribution in [2.45, 2.75) is 64.5 Å². The molecule has 3 atom stereocenters. The number of hydrogen-bond donors (Lipinski definition) is 2. The molecule has 28 heavy (non-hydrogen) atoms. The Morgan fingerprint density at radius 1 is 1.21 bits per heavy atom. The maximum atomic E-state index is 13.1. The zero-order valence-corrected chi connectivity index (χ0v) is 17.1. The Hall–Kier alpha value is -2.08. The lowest BCUT2D eigenvalue weighted by Gasteiger charge is -2.31. The molecule has 1 aliphatic rings. The number of unbranched alkanes of at least 4 members (excludes halogenated alkanes) is 1. The van der Waals surface area contributed by atoms with E-state index in [0.717, 1.165) is 37.9 Å². The zero-order chi connectivity index (χ0) is 20.7. The number of nitrogens with zero attached hydrogens (tertiary/aromatic N) is 1. The Kier molecular flexibility index (Phi) is 8.30. The van der Waals surface area contributed by atoms with Crippen LogP contribution in [0.15, 0.2) is 24.3 Å². The number of methoxy groups -OCH3 is 1. The van der Waals surface area contributed by atoms with Gasteiger partial charge in [-0.25, -0.2) is 4.79 Å². The Labute approximate surface area is 167 Å². The maximum Gasteiger partial charge on any atom is 0.334 e. The summed E-state index contributed by atoms with van der Waals surface area (Å²) in [5.41, 5.74) is 1.25. The van der Waals surface area contributed by atoms with E-state index >= 15 is 0 Å². The molecule has 0 saturated carbocycles. The van der Waals surface area contributed by atoms with Crippen molar-refractivity contribution in [3.63, 3.8) is 0 Å². The molecule has 2 rings (SSSR count). The fourth-order valence-electron chi connectivity index (χ4n) is 4.00. The molecule has 0 aromatic heterocycles. The smallest absolute Gasteiger partial charge is 0.334 e. The fourth-order valence-corrected chi connectivity index (χ4v) is 4.00. The summed E-state index contributed by atoms with van der Waals surface area (Å²) in [6.45, 7) is 4.60. The Morgan fingerprint density at radius 3 is 2.46 bits per heavy atom. The number of benzene rings is 1. The largest absolute Gasteiger partial charge is 0.497 e. The molecule has 0 aliphatic carbocycles. The predicted octanol–water partition coefficient (Wildman–Crippen LogP) is 3.12. The SMILES string of the molecule is COc1ccc(CCCC[C@H](C(=O)N2CCC[C@H]2C(O)C(=O)O)C(C)C)cc1. The quantitative estimate of drug-likeness (QED) is 0.599. The summed E-state index contributed by atoms with van der Waals surface area (Å²) in [6, 6.07) is 7.43. The topological polar surface area (TPSA) is 87.1 Å². The third-order valence-electron chi connectivity index (χ3n) is 5.71. The Bertz CT molecular complexity index is 643. The molecule has 6 heteroatoms. The molecule has 1 unspecified atom stereocenters. The van der Waals surface area contributed by atoms with E-state index < -0.39 is 18.1 Å². The van der Waals surface area contributed by atoms with Crippen molar-refractivity contribution in [2.24, 2.45) is 11.8 Å². The number of amides is 1. The first-order valence-electron chi connectivity index (χ1n) is 10.2. The van der Waals surface area contributed by atoms with Crippen LogP contribution >= 0.6 is 0 Å². The lowest BCUT2D eigenvalue weighted by atomic mass is 9.88. The van der Waals surface area contributed by atoms with E-state index in [1.807, 2.05) is 26.0 Å². The van der Waals surface area contributed by atoms with Crippen LogP contribution in [0.2, 0.25) is 0 Å². The first-order valence-corrected chi connectivity index (χ1v) is 10.2. The van der Waals surface area contributed by atoms with Gasteiger partial charge in [-0.1, -0.05) is 32.4 Å². The highest BCUT2D eigenvalue weighted by molar-refractivity contribution is 5.81. The summed E-state index contributed by atoms with van der Waals surface area (Å²) >= 11 is 0. The summed E-state index contributed by atoms with van der Waals surface area (Å²) in [6.07, 6.45) is 3.43. The van der Waals surface area contributed by atoms with Gasteiger partial charge in [0.15, 0.2) is 6.10 Å². The van der Waals surface area contributed by atoms with Gasteiger partial charge < -0.3 is 19.8 Å². The van der Waals surface area contributed by atoms with Crippen molar-refractivity contribution in [1.82, 2.24) is 4.90 Å². The number of carbonyl (C=O) groups excluding carboxylic acids is 1. The molecule has 1 aromatic rings. The molecule has 1 heterocycles. The van der Waals surface area contributed by atoms with Crippen LogP contribution in [0.5, 0.6) is 5.75 Å². The Morgan fingerprint density at radius 2 is 1.89 bits per heavy atom. The molecule has 2 N–H and O–H groups in total. The van der Waals surface area contributed by atoms with Crippen LogP contribution in [-0.2, 0) is 16.0 Å². The summed E-state index contributed by atoms with van der Waals surface area (Å²) < 4.78 is 5.17. The second-order valence-corrected chi connectivity index (χ2v) is 7.97. The number of hydrogen-bond acceptors (Lipinski definition) is 4.